The summed E-state index contributed by atoms with van der Waals surface area (Å²) in [5.74, 6) is 0.675. The first-order chi connectivity index (χ1) is 8.97. The molecule has 1 aliphatic rings. The molecular formula is C17H25NO. The van der Waals surface area contributed by atoms with Crippen LogP contribution in [0.15, 0.2) is 24.3 Å². The van der Waals surface area contributed by atoms with Gasteiger partial charge in [0.05, 0.1) is 0 Å². The molecule has 0 aliphatic carbocycles. The Kier molecular flexibility index (Phi) is 4.41. The fourth-order valence-corrected chi connectivity index (χ4v) is 2.61. The van der Waals surface area contributed by atoms with Gasteiger partial charge in [0.25, 0.3) is 0 Å². The number of carbonyl (C=O) groups is 1. The monoisotopic (exact) mass is 259 g/mol. The molecule has 0 spiro atoms. The molecule has 2 nitrogen and oxygen atoms in total. The second kappa shape index (κ2) is 5.87. The Morgan fingerprint density at radius 1 is 1.16 bits per heavy atom. The van der Waals surface area contributed by atoms with Crippen molar-refractivity contribution in [1.82, 2.24) is 5.32 Å². The zero-order valence-electron chi connectivity index (χ0n) is 12.3. The molecular weight excluding hydrogens is 234 g/mol. The average Bonchev–Trinajstić information content (AvgIpc) is 2.39. The van der Waals surface area contributed by atoms with Gasteiger partial charge in [-0.15, -0.1) is 0 Å². The lowest BCUT2D eigenvalue weighted by Crippen LogP contribution is -2.32. The third-order valence-corrected chi connectivity index (χ3v) is 3.99. The Labute approximate surface area is 116 Å². The van der Waals surface area contributed by atoms with Gasteiger partial charge < -0.3 is 5.32 Å². The van der Waals surface area contributed by atoms with E-state index in [0.29, 0.717) is 12.2 Å². The third-order valence-electron chi connectivity index (χ3n) is 3.99. The first-order valence-corrected chi connectivity index (χ1v) is 7.29. The highest BCUT2D eigenvalue weighted by Gasteiger charge is 2.21. The highest BCUT2D eigenvalue weighted by molar-refractivity contribution is 5.83. The molecule has 2 rings (SSSR count). The number of nitrogens with one attached hydrogen (secondary N) is 1. The van der Waals surface area contributed by atoms with Gasteiger partial charge >= 0.3 is 0 Å². The first kappa shape index (κ1) is 14.3. The molecule has 0 amide bonds. The molecule has 0 radical (unpaired) electrons. The minimum absolute atomic E-state index is 0.178. The molecule has 0 bridgehead atoms. The van der Waals surface area contributed by atoms with Crippen molar-refractivity contribution in [2.75, 3.05) is 13.1 Å². The summed E-state index contributed by atoms with van der Waals surface area (Å²) < 4.78 is 0. The molecule has 104 valence electrons. The van der Waals surface area contributed by atoms with Gasteiger partial charge in [0.1, 0.15) is 5.78 Å². The molecule has 0 unspecified atom stereocenters. The van der Waals surface area contributed by atoms with E-state index >= 15 is 0 Å². The Bertz CT molecular complexity index is 422. The molecule has 1 aromatic rings. The summed E-state index contributed by atoms with van der Waals surface area (Å²) >= 11 is 0. The molecule has 1 aromatic carbocycles. The van der Waals surface area contributed by atoms with Gasteiger partial charge in [0.2, 0.25) is 0 Å². The predicted octanol–water partition coefficient (Wildman–Crippen LogP) is 3.10. The number of hydrogen-bond donors (Lipinski definition) is 1. The van der Waals surface area contributed by atoms with E-state index in [1.54, 1.807) is 0 Å². The molecule has 1 aliphatic heterocycles. The second-order valence-electron chi connectivity index (χ2n) is 6.61. The second-order valence-corrected chi connectivity index (χ2v) is 6.61. The Hall–Kier alpha value is -1.15. The van der Waals surface area contributed by atoms with Crippen molar-refractivity contribution < 1.29 is 4.79 Å². The lowest BCUT2D eigenvalue weighted by atomic mass is 9.85. The summed E-state index contributed by atoms with van der Waals surface area (Å²) in [6.07, 6.45) is 2.59. The quantitative estimate of drug-likeness (QED) is 0.903. The SMILES string of the molecule is CC(C)(C)c1ccc(CC(=O)C2CCNCC2)cc1. The molecule has 19 heavy (non-hydrogen) atoms. The number of hydrogen-bond acceptors (Lipinski definition) is 2. The van der Waals surface area contributed by atoms with Crippen LogP contribution in [0, 0.1) is 5.92 Å². The maximum absolute atomic E-state index is 12.2. The van der Waals surface area contributed by atoms with Gasteiger partial charge in [-0.1, -0.05) is 45.0 Å². The maximum atomic E-state index is 12.2. The molecule has 0 saturated carbocycles. The van der Waals surface area contributed by atoms with E-state index in [-0.39, 0.29) is 11.3 Å². The third kappa shape index (κ3) is 3.90. The smallest absolute Gasteiger partial charge is 0.140 e. The van der Waals surface area contributed by atoms with Crippen LogP contribution < -0.4 is 5.32 Å². The summed E-state index contributed by atoms with van der Waals surface area (Å²) in [4.78, 5) is 12.2. The highest BCUT2D eigenvalue weighted by atomic mass is 16.1. The summed E-state index contributed by atoms with van der Waals surface area (Å²) in [5.41, 5.74) is 2.65. The number of ketones is 1. The number of rotatable bonds is 3. The van der Waals surface area contributed by atoms with Crippen molar-refractivity contribution in [1.29, 1.82) is 0 Å². The van der Waals surface area contributed by atoms with Gasteiger partial charge in [-0.25, -0.2) is 0 Å². The molecule has 1 heterocycles. The molecule has 2 heteroatoms. The van der Waals surface area contributed by atoms with E-state index in [1.165, 1.54) is 5.56 Å². The van der Waals surface area contributed by atoms with Gasteiger partial charge in [-0.3, -0.25) is 4.79 Å². The van der Waals surface area contributed by atoms with Crippen molar-refractivity contribution in [2.24, 2.45) is 5.92 Å². The molecule has 1 N–H and O–H groups in total. The standard InChI is InChI=1S/C17H25NO/c1-17(2,3)15-6-4-13(5-7-15)12-16(19)14-8-10-18-11-9-14/h4-7,14,18H,8-12H2,1-3H3. The normalized spacial score (nSPS) is 17.4. The minimum atomic E-state index is 0.178. The predicted molar refractivity (Wildman–Crippen MR) is 79.4 cm³/mol. The zero-order valence-corrected chi connectivity index (χ0v) is 12.3. The van der Waals surface area contributed by atoms with Crippen LogP contribution in [0.2, 0.25) is 0 Å². The molecule has 1 fully saturated rings. The Balaban J connectivity index is 1.97. The summed E-state index contributed by atoms with van der Waals surface area (Å²) in [6.45, 7) is 8.60. The van der Waals surface area contributed by atoms with E-state index in [2.05, 4.69) is 50.4 Å². The van der Waals surface area contributed by atoms with E-state index in [9.17, 15) is 4.79 Å². The van der Waals surface area contributed by atoms with Crippen LogP contribution in [0.1, 0.15) is 44.7 Å². The van der Waals surface area contributed by atoms with Crippen molar-refractivity contribution in [3.05, 3.63) is 35.4 Å². The lowest BCUT2D eigenvalue weighted by Gasteiger charge is -2.22. The van der Waals surface area contributed by atoms with Crippen LogP contribution in [0.3, 0.4) is 0 Å². The van der Waals surface area contributed by atoms with E-state index in [0.717, 1.165) is 31.5 Å². The number of Topliss-reactive ketones (excluding diaryl/α,β-unsaturated/α-hetero) is 1. The molecule has 0 atom stereocenters. The van der Waals surface area contributed by atoms with Crippen molar-refractivity contribution in [2.45, 2.75) is 45.4 Å². The first-order valence-electron chi connectivity index (χ1n) is 7.29. The fourth-order valence-electron chi connectivity index (χ4n) is 2.61. The van der Waals surface area contributed by atoms with E-state index < -0.39 is 0 Å². The number of piperidine rings is 1. The Morgan fingerprint density at radius 2 is 1.74 bits per heavy atom. The van der Waals surface area contributed by atoms with Crippen LogP contribution in [0.25, 0.3) is 0 Å². The molecule has 0 aromatic heterocycles. The van der Waals surface area contributed by atoms with Gasteiger partial charge in [-0.2, -0.15) is 0 Å². The Morgan fingerprint density at radius 3 is 2.26 bits per heavy atom. The fraction of sp³-hybridized carbons (Fsp3) is 0.588. The van der Waals surface area contributed by atoms with Crippen LogP contribution in [-0.2, 0) is 16.6 Å². The van der Waals surface area contributed by atoms with Crippen molar-refractivity contribution in [3.63, 3.8) is 0 Å². The van der Waals surface area contributed by atoms with Gasteiger partial charge in [0.15, 0.2) is 0 Å². The van der Waals surface area contributed by atoms with Gasteiger partial charge in [-0.05, 0) is 42.5 Å². The van der Waals surface area contributed by atoms with Crippen molar-refractivity contribution in [3.8, 4) is 0 Å². The summed E-state index contributed by atoms with van der Waals surface area (Å²) in [5, 5.41) is 3.31. The topological polar surface area (TPSA) is 29.1 Å². The van der Waals surface area contributed by atoms with Gasteiger partial charge in [0, 0.05) is 12.3 Å². The van der Waals surface area contributed by atoms with Crippen LogP contribution in [-0.4, -0.2) is 18.9 Å². The van der Waals surface area contributed by atoms with Crippen LogP contribution in [0.5, 0.6) is 0 Å². The maximum Gasteiger partial charge on any atom is 0.140 e. The highest BCUT2D eigenvalue weighted by Crippen LogP contribution is 2.23. The molecule has 1 saturated heterocycles. The largest absolute Gasteiger partial charge is 0.317 e. The zero-order chi connectivity index (χ0) is 13.9. The van der Waals surface area contributed by atoms with Crippen LogP contribution in [0.4, 0.5) is 0 Å². The summed E-state index contributed by atoms with van der Waals surface area (Å²) in [7, 11) is 0. The van der Waals surface area contributed by atoms with Crippen LogP contribution >= 0.6 is 0 Å². The van der Waals surface area contributed by atoms with Crippen molar-refractivity contribution >= 4 is 5.78 Å². The average molecular weight is 259 g/mol. The summed E-state index contributed by atoms with van der Waals surface area (Å²) in [6, 6.07) is 8.54. The minimum Gasteiger partial charge on any atom is -0.317 e. The van der Waals surface area contributed by atoms with E-state index in [1.807, 2.05) is 0 Å². The number of carbonyl (C=O) groups excluding carboxylic acids is 1. The van der Waals surface area contributed by atoms with E-state index in [4.69, 9.17) is 0 Å². The number of benzene rings is 1. The lowest BCUT2D eigenvalue weighted by molar-refractivity contribution is -0.122.